The van der Waals surface area contributed by atoms with Gasteiger partial charge in [0.2, 0.25) is 10.0 Å². The number of aryl methyl sites for hydroxylation is 1. The molecule has 7 heteroatoms. The molecule has 1 aliphatic heterocycles. The van der Waals surface area contributed by atoms with Crippen molar-refractivity contribution < 1.29 is 8.42 Å². The van der Waals surface area contributed by atoms with Crippen molar-refractivity contribution in [1.29, 1.82) is 0 Å². The SMILES string of the molecule is CCCCS(=O)(=O)NCCN=CC1=C(N)C(C2(c3ccc(C)cc3)CCC2)NCC1. The highest BCUT2D eigenvalue weighted by molar-refractivity contribution is 7.89. The van der Waals surface area contributed by atoms with E-state index in [0.29, 0.717) is 19.5 Å². The second-order valence-electron chi connectivity index (χ2n) is 8.60. The Morgan fingerprint density at radius 3 is 2.67 bits per heavy atom. The van der Waals surface area contributed by atoms with Gasteiger partial charge in [-0.05, 0) is 50.3 Å². The molecule has 0 radical (unpaired) electrons. The van der Waals surface area contributed by atoms with Gasteiger partial charge in [-0.15, -0.1) is 0 Å². The van der Waals surface area contributed by atoms with Gasteiger partial charge in [-0.2, -0.15) is 0 Å². The van der Waals surface area contributed by atoms with E-state index in [-0.39, 0.29) is 17.2 Å². The Labute approximate surface area is 181 Å². The minimum atomic E-state index is -3.19. The number of hydrogen-bond donors (Lipinski definition) is 3. The number of aliphatic imine (C=N–C) groups is 1. The van der Waals surface area contributed by atoms with Crippen molar-refractivity contribution in [3.63, 3.8) is 0 Å². The third-order valence-electron chi connectivity index (χ3n) is 6.43. The number of hydrogen-bond acceptors (Lipinski definition) is 5. The van der Waals surface area contributed by atoms with Gasteiger partial charge in [0, 0.05) is 23.9 Å². The van der Waals surface area contributed by atoms with Crippen molar-refractivity contribution in [1.82, 2.24) is 10.0 Å². The zero-order valence-corrected chi connectivity index (χ0v) is 19.1. The van der Waals surface area contributed by atoms with E-state index in [4.69, 9.17) is 5.73 Å². The van der Waals surface area contributed by atoms with Crippen LogP contribution in [0, 0.1) is 6.92 Å². The van der Waals surface area contributed by atoms with E-state index in [0.717, 1.165) is 43.5 Å². The average Bonchev–Trinajstić information content (AvgIpc) is 2.69. The first kappa shape index (κ1) is 23.0. The summed E-state index contributed by atoms with van der Waals surface area (Å²) >= 11 is 0. The summed E-state index contributed by atoms with van der Waals surface area (Å²) < 4.78 is 26.3. The second-order valence-corrected chi connectivity index (χ2v) is 10.5. The molecular weight excluding hydrogens is 396 g/mol. The van der Waals surface area contributed by atoms with Crippen LogP contribution < -0.4 is 15.8 Å². The summed E-state index contributed by atoms with van der Waals surface area (Å²) in [5, 5.41) is 3.66. The van der Waals surface area contributed by atoms with Crippen molar-refractivity contribution in [3.05, 3.63) is 46.7 Å². The predicted octanol–water partition coefficient (Wildman–Crippen LogP) is 2.78. The smallest absolute Gasteiger partial charge is 0.211 e. The number of benzene rings is 1. The Balaban J connectivity index is 1.65. The first-order valence-corrected chi connectivity index (χ1v) is 12.8. The fraction of sp³-hybridized carbons (Fsp3) is 0.609. The van der Waals surface area contributed by atoms with Crippen LogP contribution in [0.4, 0.5) is 0 Å². The Kier molecular flexibility index (Phi) is 7.71. The monoisotopic (exact) mass is 432 g/mol. The number of nitrogens with two attached hydrogens (primary N) is 1. The van der Waals surface area contributed by atoms with Crippen LogP contribution in [0.5, 0.6) is 0 Å². The minimum absolute atomic E-state index is 0.0617. The molecule has 166 valence electrons. The summed E-state index contributed by atoms with van der Waals surface area (Å²) in [5.74, 6) is 0.180. The molecule has 0 saturated heterocycles. The lowest BCUT2D eigenvalue weighted by Gasteiger charge is -2.50. The molecule has 0 amide bonds. The number of unbranched alkanes of at least 4 members (excludes halogenated alkanes) is 1. The van der Waals surface area contributed by atoms with Crippen molar-refractivity contribution in [3.8, 4) is 0 Å². The highest BCUT2D eigenvalue weighted by atomic mass is 32.2. The number of rotatable bonds is 10. The number of nitrogens with zero attached hydrogens (tertiary/aromatic N) is 1. The van der Waals surface area contributed by atoms with Gasteiger partial charge in [-0.1, -0.05) is 49.6 Å². The van der Waals surface area contributed by atoms with Crippen molar-refractivity contribution in [2.24, 2.45) is 10.7 Å². The summed E-state index contributed by atoms with van der Waals surface area (Å²) in [6.45, 7) is 5.72. The maximum atomic E-state index is 11.9. The van der Waals surface area contributed by atoms with Crippen molar-refractivity contribution >= 4 is 16.2 Å². The van der Waals surface area contributed by atoms with Crippen LogP contribution in [-0.2, 0) is 15.4 Å². The molecule has 1 aromatic carbocycles. The lowest BCUT2D eigenvalue weighted by atomic mass is 9.58. The average molecular weight is 433 g/mol. The summed E-state index contributed by atoms with van der Waals surface area (Å²) in [6, 6.07) is 8.98. The topological polar surface area (TPSA) is 96.6 Å². The van der Waals surface area contributed by atoms with Crippen molar-refractivity contribution in [2.45, 2.75) is 63.8 Å². The standard InChI is InChI=1S/C23H36N4O2S/c1-3-4-16-30(28,29)27-15-14-25-17-19-10-13-26-22(21(19)24)23(11-5-12-23)20-8-6-18(2)7-9-20/h6-9,17,22,26-27H,3-5,10-16,24H2,1-2H3. The van der Waals surface area contributed by atoms with Gasteiger partial charge in [0.05, 0.1) is 18.3 Å². The van der Waals surface area contributed by atoms with E-state index in [1.54, 1.807) is 0 Å². The molecule has 1 unspecified atom stereocenters. The largest absolute Gasteiger partial charge is 0.400 e. The first-order chi connectivity index (χ1) is 14.4. The van der Waals surface area contributed by atoms with Gasteiger partial charge in [0.25, 0.3) is 0 Å². The molecule has 0 spiro atoms. The maximum absolute atomic E-state index is 11.9. The first-order valence-electron chi connectivity index (χ1n) is 11.1. The predicted molar refractivity (Wildman–Crippen MR) is 124 cm³/mol. The van der Waals surface area contributed by atoms with Gasteiger partial charge in [0.1, 0.15) is 0 Å². The zero-order valence-electron chi connectivity index (χ0n) is 18.3. The molecule has 0 bridgehead atoms. The van der Waals surface area contributed by atoms with E-state index >= 15 is 0 Å². The van der Waals surface area contributed by atoms with Crippen molar-refractivity contribution in [2.75, 3.05) is 25.4 Å². The van der Waals surface area contributed by atoms with Crippen LogP contribution in [0.1, 0.15) is 56.6 Å². The normalized spacial score (nSPS) is 21.7. The summed E-state index contributed by atoms with van der Waals surface area (Å²) in [6.07, 6.45) is 7.74. The van der Waals surface area contributed by atoms with Crippen LogP contribution in [0.25, 0.3) is 0 Å². The molecule has 4 N–H and O–H groups in total. The molecular formula is C23H36N4O2S. The van der Waals surface area contributed by atoms with Gasteiger partial charge in [-0.3, -0.25) is 4.99 Å². The molecule has 1 aliphatic carbocycles. The van der Waals surface area contributed by atoms with E-state index < -0.39 is 10.0 Å². The molecule has 1 heterocycles. The van der Waals surface area contributed by atoms with E-state index in [1.165, 1.54) is 17.5 Å². The second kappa shape index (κ2) is 10.1. The van der Waals surface area contributed by atoms with Gasteiger partial charge < -0.3 is 11.1 Å². The van der Waals surface area contributed by atoms with E-state index in [9.17, 15) is 8.42 Å². The molecule has 1 saturated carbocycles. The molecule has 1 atom stereocenters. The third-order valence-corrected chi connectivity index (χ3v) is 7.90. The Morgan fingerprint density at radius 1 is 1.30 bits per heavy atom. The van der Waals surface area contributed by atoms with Crippen LogP contribution in [0.3, 0.4) is 0 Å². The fourth-order valence-corrected chi connectivity index (χ4v) is 5.67. The van der Waals surface area contributed by atoms with Gasteiger partial charge >= 0.3 is 0 Å². The van der Waals surface area contributed by atoms with Crippen LogP contribution >= 0.6 is 0 Å². The van der Waals surface area contributed by atoms with Crippen LogP contribution in [0.15, 0.2) is 40.5 Å². The molecule has 2 aliphatic rings. The van der Waals surface area contributed by atoms with E-state index in [2.05, 4.69) is 46.2 Å². The lowest BCUT2D eigenvalue weighted by molar-refractivity contribution is 0.183. The Morgan fingerprint density at radius 2 is 2.03 bits per heavy atom. The lowest BCUT2D eigenvalue weighted by Crippen LogP contribution is -2.57. The summed E-state index contributed by atoms with van der Waals surface area (Å²) in [7, 11) is -3.19. The third kappa shape index (κ3) is 5.31. The number of nitrogens with one attached hydrogen (secondary N) is 2. The Hall–Kier alpha value is -1.70. The molecule has 1 fully saturated rings. The quantitative estimate of drug-likeness (QED) is 0.391. The van der Waals surface area contributed by atoms with Gasteiger partial charge in [-0.25, -0.2) is 13.1 Å². The number of sulfonamides is 1. The fourth-order valence-electron chi connectivity index (χ4n) is 4.46. The van der Waals surface area contributed by atoms with Crippen LogP contribution in [0.2, 0.25) is 0 Å². The summed E-state index contributed by atoms with van der Waals surface area (Å²) in [4.78, 5) is 4.46. The molecule has 0 aromatic heterocycles. The summed E-state index contributed by atoms with van der Waals surface area (Å²) in [5.41, 5.74) is 11.3. The maximum Gasteiger partial charge on any atom is 0.211 e. The molecule has 1 aromatic rings. The minimum Gasteiger partial charge on any atom is -0.400 e. The molecule has 30 heavy (non-hydrogen) atoms. The Bertz CT molecular complexity index is 871. The highest BCUT2D eigenvalue weighted by Gasteiger charge is 2.47. The van der Waals surface area contributed by atoms with Crippen LogP contribution in [-0.4, -0.2) is 46.1 Å². The van der Waals surface area contributed by atoms with E-state index in [1.807, 2.05) is 13.1 Å². The highest BCUT2D eigenvalue weighted by Crippen LogP contribution is 2.48. The molecule has 6 nitrogen and oxygen atoms in total. The van der Waals surface area contributed by atoms with Gasteiger partial charge in [0.15, 0.2) is 0 Å². The molecule has 3 rings (SSSR count). The zero-order chi connectivity index (χ0) is 21.6.